The number of rotatable bonds is 8. The summed E-state index contributed by atoms with van der Waals surface area (Å²) in [6.07, 6.45) is 1.51. The SMILES string of the molecule is COc1cccc(C(=O)N/N=C/c2ccc(OCC(=O)Nc3ccccc3C)c(Br)c2)c1. The molecule has 0 unspecified atom stereocenters. The van der Waals surface area contributed by atoms with Gasteiger partial charge in [-0.05, 0) is 76.4 Å². The summed E-state index contributed by atoms with van der Waals surface area (Å²) < 4.78 is 11.4. The fourth-order valence-electron chi connectivity index (χ4n) is 2.75. The Labute approximate surface area is 194 Å². The van der Waals surface area contributed by atoms with Gasteiger partial charge >= 0.3 is 0 Å². The summed E-state index contributed by atoms with van der Waals surface area (Å²) in [4.78, 5) is 24.3. The molecule has 3 rings (SSSR count). The van der Waals surface area contributed by atoms with Crippen molar-refractivity contribution in [1.82, 2.24) is 5.43 Å². The molecule has 8 heteroatoms. The molecule has 164 valence electrons. The summed E-state index contributed by atoms with van der Waals surface area (Å²) in [6, 6.07) is 19.6. The molecule has 0 aliphatic rings. The number of benzene rings is 3. The third-order valence-electron chi connectivity index (χ3n) is 4.45. The lowest BCUT2D eigenvalue weighted by Crippen LogP contribution is -2.20. The Morgan fingerprint density at radius 3 is 2.62 bits per heavy atom. The van der Waals surface area contributed by atoms with E-state index in [2.05, 4.69) is 31.8 Å². The van der Waals surface area contributed by atoms with Gasteiger partial charge in [-0.2, -0.15) is 5.10 Å². The molecule has 0 saturated carbocycles. The van der Waals surface area contributed by atoms with Gasteiger partial charge in [0.15, 0.2) is 6.61 Å². The number of hydrogen-bond donors (Lipinski definition) is 2. The first kappa shape index (κ1) is 23.0. The van der Waals surface area contributed by atoms with Gasteiger partial charge < -0.3 is 14.8 Å². The number of nitrogens with one attached hydrogen (secondary N) is 2. The smallest absolute Gasteiger partial charge is 0.271 e. The summed E-state index contributed by atoms with van der Waals surface area (Å²) in [6.45, 7) is 1.80. The number of hydrogen-bond acceptors (Lipinski definition) is 5. The standard InChI is InChI=1S/C24H22BrN3O4/c1-16-6-3-4-9-21(16)27-23(29)15-32-22-11-10-17(12-20(22)25)14-26-28-24(30)18-7-5-8-19(13-18)31-2/h3-14H,15H2,1-2H3,(H,27,29)(H,28,30)/b26-14+. The molecule has 32 heavy (non-hydrogen) atoms. The average molecular weight is 496 g/mol. The number of halogens is 1. The highest BCUT2D eigenvalue weighted by Crippen LogP contribution is 2.25. The van der Waals surface area contributed by atoms with Crippen LogP contribution in [-0.2, 0) is 4.79 Å². The number of aryl methyl sites for hydroxylation is 1. The Hall–Kier alpha value is -3.65. The van der Waals surface area contributed by atoms with Crippen LogP contribution >= 0.6 is 15.9 Å². The van der Waals surface area contributed by atoms with E-state index in [-0.39, 0.29) is 18.4 Å². The lowest BCUT2D eigenvalue weighted by molar-refractivity contribution is -0.118. The van der Waals surface area contributed by atoms with Crippen LogP contribution < -0.4 is 20.2 Å². The van der Waals surface area contributed by atoms with Gasteiger partial charge in [0.2, 0.25) is 0 Å². The van der Waals surface area contributed by atoms with Crippen molar-refractivity contribution < 1.29 is 19.1 Å². The molecular formula is C24H22BrN3O4. The van der Waals surface area contributed by atoms with Crippen molar-refractivity contribution in [2.24, 2.45) is 5.10 Å². The third-order valence-corrected chi connectivity index (χ3v) is 5.07. The maximum atomic E-state index is 12.2. The molecule has 0 saturated heterocycles. The van der Waals surface area contributed by atoms with Crippen LogP contribution in [0.4, 0.5) is 5.69 Å². The number of para-hydroxylation sites is 1. The zero-order chi connectivity index (χ0) is 22.9. The summed E-state index contributed by atoms with van der Waals surface area (Å²) in [5, 5.41) is 6.80. The van der Waals surface area contributed by atoms with Crippen LogP contribution in [0.25, 0.3) is 0 Å². The van der Waals surface area contributed by atoms with E-state index in [0.717, 1.165) is 16.8 Å². The average Bonchev–Trinajstić information content (AvgIpc) is 2.80. The molecule has 3 aromatic carbocycles. The first-order chi connectivity index (χ1) is 15.5. The molecule has 0 aromatic heterocycles. The molecule has 0 spiro atoms. The predicted octanol–water partition coefficient (Wildman–Crippen LogP) is 4.55. The van der Waals surface area contributed by atoms with E-state index in [0.29, 0.717) is 21.5 Å². The maximum absolute atomic E-state index is 12.2. The minimum Gasteiger partial charge on any atom is -0.497 e. The van der Waals surface area contributed by atoms with Crippen molar-refractivity contribution in [3.8, 4) is 11.5 Å². The van der Waals surface area contributed by atoms with E-state index in [9.17, 15) is 9.59 Å². The quantitative estimate of drug-likeness (QED) is 0.354. The number of methoxy groups -OCH3 is 1. The molecule has 2 amide bonds. The van der Waals surface area contributed by atoms with E-state index in [1.165, 1.54) is 13.3 Å². The van der Waals surface area contributed by atoms with Gasteiger partial charge in [0.1, 0.15) is 11.5 Å². The number of anilines is 1. The molecule has 0 heterocycles. The highest BCUT2D eigenvalue weighted by molar-refractivity contribution is 9.10. The zero-order valence-electron chi connectivity index (χ0n) is 17.6. The Kier molecular flexibility index (Phi) is 7.99. The second-order valence-electron chi connectivity index (χ2n) is 6.77. The lowest BCUT2D eigenvalue weighted by atomic mass is 10.2. The second-order valence-corrected chi connectivity index (χ2v) is 7.63. The van der Waals surface area contributed by atoms with Gasteiger partial charge in [-0.15, -0.1) is 0 Å². The van der Waals surface area contributed by atoms with Crippen LogP contribution in [0.3, 0.4) is 0 Å². The number of ether oxygens (including phenoxy) is 2. The maximum Gasteiger partial charge on any atom is 0.271 e. The summed E-state index contributed by atoms with van der Waals surface area (Å²) >= 11 is 3.43. The van der Waals surface area contributed by atoms with Gasteiger partial charge in [-0.25, -0.2) is 5.43 Å². The van der Waals surface area contributed by atoms with E-state index in [1.54, 1.807) is 42.5 Å². The first-order valence-corrected chi connectivity index (χ1v) is 10.5. The minimum atomic E-state index is -0.348. The molecule has 3 aromatic rings. The van der Waals surface area contributed by atoms with Crippen molar-refractivity contribution >= 4 is 39.6 Å². The van der Waals surface area contributed by atoms with Crippen LogP contribution in [0, 0.1) is 6.92 Å². The van der Waals surface area contributed by atoms with Crippen LogP contribution in [0.15, 0.2) is 76.3 Å². The fourth-order valence-corrected chi connectivity index (χ4v) is 3.26. The lowest BCUT2D eigenvalue weighted by Gasteiger charge is -2.10. The fraction of sp³-hybridized carbons (Fsp3) is 0.125. The molecule has 7 nitrogen and oxygen atoms in total. The van der Waals surface area contributed by atoms with Crippen molar-refractivity contribution in [1.29, 1.82) is 0 Å². The minimum absolute atomic E-state index is 0.128. The Morgan fingerprint density at radius 1 is 1.06 bits per heavy atom. The Balaban J connectivity index is 1.53. The van der Waals surface area contributed by atoms with Crippen LogP contribution in [0.1, 0.15) is 21.5 Å². The first-order valence-electron chi connectivity index (χ1n) is 9.71. The van der Waals surface area contributed by atoms with Gasteiger partial charge in [0, 0.05) is 11.3 Å². The van der Waals surface area contributed by atoms with E-state index < -0.39 is 0 Å². The monoisotopic (exact) mass is 495 g/mol. The van der Waals surface area contributed by atoms with Gasteiger partial charge in [0.25, 0.3) is 11.8 Å². The molecule has 0 bridgehead atoms. The normalized spacial score (nSPS) is 10.6. The molecule has 0 aliphatic heterocycles. The van der Waals surface area contributed by atoms with Crippen molar-refractivity contribution in [2.45, 2.75) is 6.92 Å². The van der Waals surface area contributed by atoms with Gasteiger partial charge in [-0.1, -0.05) is 24.3 Å². The number of amides is 2. The number of nitrogens with zero attached hydrogens (tertiary/aromatic N) is 1. The summed E-state index contributed by atoms with van der Waals surface area (Å²) in [5.41, 5.74) is 5.38. The molecule has 0 aliphatic carbocycles. The highest BCUT2D eigenvalue weighted by Gasteiger charge is 2.08. The third kappa shape index (κ3) is 6.42. The summed E-state index contributed by atoms with van der Waals surface area (Å²) in [7, 11) is 1.54. The van der Waals surface area contributed by atoms with Crippen molar-refractivity contribution in [2.75, 3.05) is 19.0 Å². The Bertz CT molecular complexity index is 1150. The topological polar surface area (TPSA) is 89.0 Å². The van der Waals surface area contributed by atoms with E-state index in [4.69, 9.17) is 9.47 Å². The van der Waals surface area contributed by atoms with E-state index >= 15 is 0 Å². The largest absolute Gasteiger partial charge is 0.497 e. The predicted molar refractivity (Wildman–Crippen MR) is 127 cm³/mol. The van der Waals surface area contributed by atoms with E-state index in [1.807, 2.05) is 31.2 Å². The van der Waals surface area contributed by atoms with Crippen molar-refractivity contribution in [3.05, 3.63) is 87.9 Å². The number of hydrazone groups is 1. The molecular weight excluding hydrogens is 474 g/mol. The van der Waals surface area contributed by atoms with Crippen LogP contribution in [0.2, 0.25) is 0 Å². The molecule has 0 fully saturated rings. The van der Waals surface area contributed by atoms with Gasteiger partial charge in [0.05, 0.1) is 17.8 Å². The highest BCUT2D eigenvalue weighted by atomic mass is 79.9. The zero-order valence-corrected chi connectivity index (χ0v) is 19.2. The van der Waals surface area contributed by atoms with Crippen LogP contribution in [-0.4, -0.2) is 31.7 Å². The molecule has 0 atom stereocenters. The number of carbonyl (C=O) groups excluding carboxylic acids is 2. The second kappa shape index (κ2) is 11.1. The summed E-state index contributed by atoms with van der Waals surface area (Å²) in [5.74, 6) is 0.507. The van der Waals surface area contributed by atoms with Crippen LogP contribution in [0.5, 0.6) is 11.5 Å². The Morgan fingerprint density at radius 2 is 1.88 bits per heavy atom. The van der Waals surface area contributed by atoms with Crippen molar-refractivity contribution in [3.63, 3.8) is 0 Å². The molecule has 0 radical (unpaired) electrons. The molecule has 2 N–H and O–H groups in total. The van der Waals surface area contributed by atoms with Gasteiger partial charge in [-0.3, -0.25) is 9.59 Å². The number of carbonyl (C=O) groups is 2.